The van der Waals surface area contributed by atoms with Crippen molar-refractivity contribution < 1.29 is 14.8 Å². The van der Waals surface area contributed by atoms with E-state index in [0.29, 0.717) is 0 Å². The molecular formula is C8H4NO3. The molecule has 1 aliphatic heterocycles. The molecule has 0 aromatic heterocycles. The van der Waals surface area contributed by atoms with Crippen molar-refractivity contribution in [3.63, 3.8) is 0 Å². The van der Waals surface area contributed by atoms with Crippen molar-refractivity contribution in [3.05, 3.63) is 35.4 Å². The van der Waals surface area contributed by atoms with Gasteiger partial charge in [0.1, 0.15) is 0 Å². The Bertz CT molecular complexity index is 337. The van der Waals surface area contributed by atoms with Crippen LogP contribution in [0, 0.1) is 6.07 Å². The molecule has 12 heavy (non-hydrogen) atoms. The molecule has 0 saturated carbocycles. The van der Waals surface area contributed by atoms with Crippen molar-refractivity contribution in [2.45, 2.75) is 0 Å². The second-order valence-corrected chi connectivity index (χ2v) is 2.38. The van der Waals surface area contributed by atoms with E-state index >= 15 is 0 Å². The topological polar surface area (TPSA) is 57.6 Å². The largest absolute Gasteiger partial charge is 0.286 e. The standard InChI is InChI=1S/C8H4NO3/c10-7-5-3-1-2-4-6(5)8(11)9(7)12/h1-3,12H. The summed E-state index contributed by atoms with van der Waals surface area (Å²) in [5, 5.41) is 9.00. The van der Waals surface area contributed by atoms with Crippen LogP contribution in [0.4, 0.5) is 0 Å². The summed E-state index contributed by atoms with van der Waals surface area (Å²) in [5.74, 6) is -1.40. The molecule has 1 aliphatic rings. The first-order valence-electron chi connectivity index (χ1n) is 3.30. The van der Waals surface area contributed by atoms with E-state index in [9.17, 15) is 9.59 Å². The second kappa shape index (κ2) is 2.15. The first-order valence-corrected chi connectivity index (χ1v) is 3.30. The summed E-state index contributed by atoms with van der Waals surface area (Å²) < 4.78 is 0. The van der Waals surface area contributed by atoms with E-state index in [2.05, 4.69) is 6.07 Å². The molecule has 1 aromatic rings. The maximum absolute atomic E-state index is 11.0. The molecular weight excluding hydrogens is 158 g/mol. The van der Waals surface area contributed by atoms with E-state index in [-0.39, 0.29) is 16.2 Å². The van der Waals surface area contributed by atoms with Gasteiger partial charge in [-0.2, -0.15) is 0 Å². The Morgan fingerprint density at radius 2 is 2.08 bits per heavy atom. The van der Waals surface area contributed by atoms with Gasteiger partial charge in [0, 0.05) is 0 Å². The minimum absolute atomic E-state index is 0.0984. The Kier molecular flexibility index (Phi) is 1.25. The van der Waals surface area contributed by atoms with Crippen molar-refractivity contribution in [1.29, 1.82) is 0 Å². The van der Waals surface area contributed by atoms with E-state index in [1.54, 1.807) is 6.07 Å². The van der Waals surface area contributed by atoms with Crippen LogP contribution < -0.4 is 0 Å². The highest BCUT2D eigenvalue weighted by Gasteiger charge is 2.34. The lowest BCUT2D eigenvalue weighted by Gasteiger charge is -1.99. The summed E-state index contributed by atoms with van der Waals surface area (Å²) >= 11 is 0. The van der Waals surface area contributed by atoms with Gasteiger partial charge in [-0.25, -0.2) is 0 Å². The summed E-state index contributed by atoms with van der Waals surface area (Å²) in [6.07, 6.45) is 0. The van der Waals surface area contributed by atoms with E-state index < -0.39 is 11.8 Å². The molecule has 0 spiro atoms. The lowest BCUT2D eigenvalue weighted by atomic mass is 10.1. The van der Waals surface area contributed by atoms with Crippen molar-refractivity contribution in [3.8, 4) is 0 Å². The average Bonchev–Trinajstić information content (AvgIpc) is 2.33. The molecule has 0 atom stereocenters. The van der Waals surface area contributed by atoms with Gasteiger partial charge >= 0.3 is 0 Å². The van der Waals surface area contributed by atoms with Gasteiger partial charge in [0.05, 0.1) is 11.1 Å². The number of fused-ring (bicyclic) bond motifs is 1. The van der Waals surface area contributed by atoms with Crippen LogP contribution in [0.15, 0.2) is 18.2 Å². The average molecular weight is 162 g/mol. The van der Waals surface area contributed by atoms with Crippen molar-refractivity contribution >= 4 is 11.8 Å². The summed E-state index contributed by atoms with van der Waals surface area (Å²) in [6, 6.07) is 7.17. The van der Waals surface area contributed by atoms with Crippen LogP contribution in [-0.4, -0.2) is 22.1 Å². The number of hydrogen-bond acceptors (Lipinski definition) is 3. The fourth-order valence-corrected chi connectivity index (χ4v) is 1.10. The number of carbonyl (C=O) groups excluding carboxylic acids is 2. The van der Waals surface area contributed by atoms with Gasteiger partial charge in [-0.15, -0.1) is 5.06 Å². The van der Waals surface area contributed by atoms with E-state index in [0.717, 1.165) is 0 Å². The third kappa shape index (κ3) is 0.695. The third-order valence-corrected chi connectivity index (χ3v) is 1.69. The van der Waals surface area contributed by atoms with Crippen LogP contribution in [-0.2, 0) is 0 Å². The van der Waals surface area contributed by atoms with Gasteiger partial charge in [-0.3, -0.25) is 14.8 Å². The molecule has 4 heteroatoms. The molecule has 0 aliphatic carbocycles. The molecule has 1 radical (unpaired) electrons. The number of amides is 2. The molecule has 2 rings (SSSR count). The molecule has 1 N–H and O–H groups in total. The van der Waals surface area contributed by atoms with E-state index in [4.69, 9.17) is 5.21 Å². The number of carbonyl (C=O) groups is 2. The molecule has 0 saturated heterocycles. The highest BCUT2D eigenvalue weighted by molar-refractivity contribution is 6.20. The van der Waals surface area contributed by atoms with Crippen molar-refractivity contribution in [2.24, 2.45) is 0 Å². The van der Waals surface area contributed by atoms with Gasteiger partial charge in [0.2, 0.25) is 0 Å². The SMILES string of the molecule is O=C1c2[c]cccc2C(=O)N1O. The zero-order valence-electron chi connectivity index (χ0n) is 5.94. The predicted molar refractivity (Wildman–Crippen MR) is 37.6 cm³/mol. The van der Waals surface area contributed by atoms with Crippen molar-refractivity contribution in [2.75, 3.05) is 0 Å². The Balaban J connectivity index is 2.67. The zero-order valence-corrected chi connectivity index (χ0v) is 5.94. The normalized spacial score (nSPS) is 15.2. The highest BCUT2D eigenvalue weighted by Crippen LogP contribution is 2.19. The quantitative estimate of drug-likeness (QED) is 0.445. The van der Waals surface area contributed by atoms with E-state index in [1.165, 1.54) is 12.1 Å². The predicted octanol–water partition coefficient (Wildman–Crippen LogP) is 0.472. The Morgan fingerprint density at radius 1 is 1.33 bits per heavy atom. The molecule has 0 unspecified atom stereocenters. The van der Waals surface area contributed by atoms with Gasteiger partial charge in [0.25, 0.3) is 11.8 Å². The molecule has 2 amide bonds. The summed E-state index contributed by atoms with van der Waals surface area (Å²) in [7, 11) is 0. The number of imide groups is 1. The number of nitrogens with zero attached hydrogens (tertiary/aromatic N) is 1. The van der Waals surface area contributed by atoms with Crippen LogP contribution in [0.2, 0.25) is 0 Å². The molecule has 59 valence electrons. The first-order chi connectivity index (χ1) is 5.72. The molecule has 1 heterocycles. The number of rotatable bonds is 0. The Hall–Kier alpha value is -1.68. The fraction of sp³-hybridized carbons (Fsp3) is 0. The number of hydroxylamine groups is 2. The van der Waals surface area contributed by atoms with E-state index in [1.807, 2.05) is 0 Å². The van der Waals surface area contributed by atoms with Crippen LogP contribution in [0.25, 0.3) is 0 Å². The molecule has 0 bridgehead atoms. The van der Waals surface area contributed by atoms with Crippen LogP contribution in [0.5, 0.6) is 0 Å². The van der Waals surface area contributed by atoms with Crippen LogP contribution in [0.1, 0.15) is 20.7 Å². The monoisotopic (exact) mass is 162 g/mol. The Morgan fingerprint density at radius 3 is 2.75 bits per heavy atom. The fourth-order valence-electron chi connectivity index (χ4n) is 1.10. The Labute approximate surface area is 68.0 Å². The maximum Gasteiger partial charge on any atom is 0.286 e. The zero-order chi connectivity index (χ0) is 8.72. The summed E-state index contributed by atoms with van der Waals surface area (Å²) in [4.78, 5) is 22.1. The lowest BCUT2D eigenvalue weighted by molar-refractivity contribution is -0.0327. The van der Waals surface area contributed by atoms with Gasteiger partial charge in [-0.1, -0.05) is 12.1 Å². The third-order valence-electron chi connectivity index (χ3n) is 1.69. The minimum Gasteiger partial charge on any atom is -0.278 e. The molecule has 4 nitrogen and oxygen atoms in total. The molecule has 1 aromatic carbocycles. The smallest absolute Gasteiger partial charge is 0.278 e. The lowest BCUT2D eigenvalue weighted by Crippen LogP contribution is -2.25. The minimum atomic E-state index is -0.712. The summed E-state index contributed by atoms with van der Waals surface area (Å²) in [5.41, 5.74) is 0.329. The number of benzene rings is 1. The van der Waals surface area contributed by atoms with Crippen LogP contribution >= 0.6 is 0 Å². The summed E-state index contributed by atoms with van der Waals surface area (Å²) in [6.45, 7) is 0. The first kappa shape index (κ1) is 7.00. The van der Waals surface area contributed by atoms with Crippen molar-refractivity contribution in [1.82, 2.24) is 5.06 Å². The van der Waals surface area contributed by atoms with Gasteiger partial charge < -0.3 is 0 Å². The number of hydrogen-bond donors (Lipinski definition) is 1. The maximum atomic E-state index is 11.0. The molecule has 0 fully saturated rings. The second-order valence-electron chi connectivity index (χ2n) is 2.38. The van der Waals surface area contributed by atoms with Gasteiger partial charge in [0.15, 0.2) is 0 Å². The van der Waals surface area contributed by atoms with Crippen LogP contribution in [0.3, 0.4) is 0 Å². The van der Waals surface area contributed by atoms with Gasteiger partial charge in [-0.05, 0) is 12.1 Å². The highest BCUT2D eigenvalue weighted by atomic mass is 16.5.